The Morgan fingerprint density at radius 2 is 1.69 bits per heavy atom. The van der Waals surface area contributed by atoms with Crippen LogP contribution in [0.1, 0.15) is 26.3 Å². The first-order valence-corrected chi connectivity index (χ1v) is 8.76. The van der Waals surface area contributed by atoms with Crippen molar-refractivity contribution < 1.29 is 9.47 Å². The monoisotopic (exact) mass is 395 g/mol. The molecule has 0 amide bonds. The number of methoxy groups -OCH3 is 2. The Bertz CT molecular complexity index is 793. The molecule has 0 bridgehead atoms. The molecule has 5 nitrogen and oxygen atoms in total. The molecule has 1 aliphatic heterocycles. The molecular weight excluding hydrogens is 373 g/mol. The summed E-state index contributed by atoms with van der Waals surface area (Å²) in [4.78, 5) is 4.54. The summed E-state index contributed by atoms with van der Waals surface area (Å²) in [5, 5.41) is 12.1. The van der Waals surface area contributed by atoms with Crippen LogP contribution in [0.3, 0.4) is 0 Å². The average Bonchev–Trinajstić information content (AvgIpc) is 2.56. The predicted octanol–water partition coefficient (Wildman–Crippen LogP) is 4.98. The number of rotatable bonds is 4. The second-order valence-corrected chi connectivity index (χ2v) is 7.85. The Balaban J connectivity index is 2.57. The van der Waals surface area contributed by atoms with E-state index in [0.717, 1.165) is 0 Å². The van der Waals surface area contributed by atoms with Gasteiger partial charge in [0, 0.05) is 18.2 Å². The van der Waals surface area contributed by atoms with Gasteiger partial charge in [0.1, 0.15) is 17.2 Å². The molecule has 0 saturated carbocycles. The normalized spacial score (nSPS) is 16.4. The van der Waals surface area contributed by atoms with Crippen molar-refractivity contribution in [1.82, 2.24) is 5.32 Å². The van der Waals surface area contributed by atoms with Crippen LogP contribution in [0.15, 0.2) is 29.3 Å². The first kappa shape index (κ1) is 20.3. The molecule has 26 heavy (non-hydrogen) atoms. The Morgan fingerprint density at radius 3 is 2.15 bits per heavy atom. The van der Waals surface area contributed by atoms with Crippen molar-refractivity contribution in [3.63, 3.8) is 0 Å². The van der Waals surface area contributed by atoms with E-state index in [1.54, 1.807) is 12.1 Å². The van der Waals surface area contributed by atoms with Gasteiger partial charge in [-0.05, 0) is 17.1 Å². The zero-order chi connectivity index (χ0) is 19.6. The van der Waals surface area contributed by atoms with Crippen molar-refractivity contribution in [3.05, 3.63) is 39.9 Å². The van der Waals surface area contributed by atoms with Crippen molar-refractivity contribution in [2.75, 3.05) is 20.8 Å². The summed E-state index contributed by atoms with van der Waals surface area (Å²) in [5.74, 6) is 1.30. The minimum absolute atomic E-state index is 0.00784. The fraction of sp³-hybridized carbons (Fsp3) is 0.368. The van der Waals surface area contributed by atoms with Crippen molar-refractivity contribution in [3.8, 4) is 11.5 Å². The third-order valence-corrected chi connectivity index (χ3v) is 4.43. The van der Waals surface area contributed by atoms with E-state index < -0.39 is 0 Å². The predicted molar refractivity (Wildman–Crippen MR) is 109 cm³/mol. The molecule has 1 aromatic carbocycles. The summed E-state index contributed by atoms with van der Waals surface area (Å²) in [5.41, 5.74) is 1.85. The van der Waals surface area contributed by atoms with E-state index in [2.05, 4.69) is 37.7 Å². The number of nitrogens with zero attached hydrogens (tertiary/aromatic N) is 1. The fourth-order valence-electron chi connectivity index (χ4n) is 2.32. The first-order valence-electron chi connectivity index (χ1n) is 8.00. The lowest BCUT2D eigenvalue weighted by Crippen LogP contribution is -2.35. The van der Waals surface area contributed by atoms with E-state index in [4.69, 9.17) is 38.1 Å². The molecule has 0 aliphatic carbocycles. The second-order valence-electron chi connectivity index (χ2n) is 7.09. The Kier molecular flexibility index (Phi) is 6.04. The van der Waals surface area contributed by atoms with Gasteiger partial charge in [-0.1, -0.05) is 50.6 Å². The van der Waals surface area contributed by atoms with E-state index in [1.165, 1.54) is 14.2 Å². The van der Waals surface area contributed by atoms with Crippen LogP contribution in [0.25, 0.3) is 5.70 Å². The van der Waals surface area contributed by atoms with E-state index in [-0.39, 0.29) is 11.1 Å². The van der Waals surface area contributed by atoms with Crippen LogP contribution in [0.4, 0.5) is 0 Å². The lowest BCUT2D eigenvalue weighted by Gasteiger charge is -2.24. The quantitative estimate of drug-likeness (QED) is 0.755. The molecule has 1 aromatic rings. The highest BCUT2D eigenvalue weighted by Gasteiger charge is 2.26. The lowest BCUT2D eigenvalue weighted by molar-refractivity contribution is 0.394. The number of ether oxygens (including phenoxy) is 2. The molecule has 0 atom stereocenters. The summed E-state index contributed by atoms with van der Waals surface area (Å²) < 4.78 is 10.6. The van der Waals surface area contributed by atoms with Crippen LogP contribution in [0, 0.1) is 10.8 Å². The van der Waals surface area contributed by atoms with Crippen LogP contribution < -0.4 is 14.8 Å². The molecule has 0 aromatic heterocycles. The van der Waals surface area contributed by atoms with Gasteiger partial charge in [-0.15, -0.1) is 0 Å². The molecule has 1 heterocycles. The number of allylic oxidation sites excluding steroid dienone is 1. The summed E-state index contributed by atoms with van der Waals surface area (Å²) in [6.07, 6.45) is 1.71. The highest BCUT2D eigenvalue weighted by atomic mass is 35.5. The molecule has 1 aliphatic rings. The number of halogens is 2. The Labute approximate surface area is 164 Å². The third kappa shape index (κ3) is 4.22. The van der Waals surface area contributed by atoms with E-state index in [1.807, 2.05) is 0 Å². The van der Waals surface area contributed by atoms with Gasteiger partial charge >= 0.3 is 0 Å². The van der Waals surface area contributed by atoms with Gasteiger partial charge in [0.15, 0.2) is 5.84 Å². The van der Waals surface area contributed by atoms with Gasteiger partial charge in [0.05, 0.1) is 30.0 Å². The first-order chi connectivity index (χ1) is 12.1. The maximum atomic E-state index is 8.22. The Hall–Kier alpha value is -1.98. The molecule has 0 unspecified atom stereocenters. The van der Waals surface area contributed by atoms with Crippen molar-refractivity contribution in [2.24, 2.45) is 10.4 Å². The van der Waals surface area contributed by atoms with Gasteiger partial charge in [-0.25, -0.2) is 0 Å². The molecular formula is C19H23Cl2N3O2. The molecule has 2 rings (SSSR count). The van der Waals surface area contributed by atoms with E-state index in [0.29, 0.717) is 50.8 Å². The maximum Gasteiger partial charge on any atom is 0.151 e. The number of hydrogen-bond acceptors (Lipinski definition) is 4. The standard InChI is InChI=1S/C19H23Cl2N3O2/c1-10-7-11(24-18(17(10)22)23-9-19(2,3)4)14-15(20)12(25-5)8-13(26-6)16(14)21/h7-8,22H,1,9H2,2-6H3,(H,23,24). The van der Waals surface area contributed by atoms with Crippen LogP contribution >= 0.6 is 23.2 Å². The number of amidine groups is 1. The molecule has 140 valence electrons. The van der Waals surface area contributed by atoms with E-state index >= 15 is 0 Å². The summed E-state index contributed by atoms with van der Waals surface area (Å²) in [7, 11) is 3.04. The maximum absolute atomic E-state index is 8.22. The summed E-state index contributed by atoms with van der Waals surface area (Å²) in [6, 6.07) is 1.63. The smallest absolute Gasteiger partial charge is 0.151 e. The largest absolute Gasteiger partial charge is 0.495 e. The van der Waals surface area contributed by atoms with Gasteiger partial charge in [-0.3, -0.25) is 10.4 Å². The SMILES string of the molecule is C=C1C=C(c2c(Cl)c(OC)cc(OC)c2Cl)NC(=NCC(C)(C)C)C1=N. The van der Waals surface area contributed by atoms with Crippen molar-refractivity contribution in [1.29, 1.82) is 5.41 Å². The topological polar surface area (TPSA) is 66.7 Å². The highest BCUT2D eigenvalue weighted by Crippen LogP contribution is 2.43. The summed E-state index contributed by atoms with van der Waals surface area (Å²) >= 11 is 13.0. The van der Waals surface area contributed by atoms with Crippen LogP contribution in [-0.4, -0.2) is 32.3 Å². The number of aliphatic imine (C=N–C) groups is 1. The van der Waals surface area contributed by atoms with Crippen LogP contribution in [0.2, 0.25) is 10.0 Å². The van der Waals surface area contributed by atoms with Crippen LogP contribution in [-0.2, 0) is 0 Å². The average molecular weight is 396 g/mol. The minimum atomic E-state index is -0.00784. The fourth-order valence-corrected chi connectivity index (χ4v) is 3.02. The second kappa shape index (κ2) is 7.72. The van der Waals surface area contributed by atoms with Crippen molar-refractivity contribution in [2.45, 2.75) is 20.8 Å². The molecule has 0 radical (unpaired) electrons. The number of benzene rings is 1. The minimum Gasteiger partial charge on any atom is -0.495 e. The van der Waals surface area contributed by atoms with Gasteiger partial charge in [-0.2, -0.15) is 0 Å². The highest BCUT2D eigenvalue weighted by molar-refractivity contribution is 6.50. The zero-order valence-electron chi connectivity index (χ0n) is 15.6. The molecule has 7 heteroatoms. The Morgan fingerprint density at radius 1 is 1.15 bits per heavy atom. The molecule has 0 fully saturated rings. The number of hydrogen-bond donors (Lipinski definition) is 2. The zero-order valence-corrected chi connectivity index (χ0v) is 17.1. The van der Waals surface area contributed by atoms with Gasteiger partial charge in [0.25, 0.3) is 0 Å². The number of nitrogens with one attached hydrogen (secondary N) is 2. The van der Waals surface area contributed by atoms with E-state index in [9.17, 15) is 0 Å². The molecule has 0 saturated heterocycles. The lowest BCUT2D eigenvalue weighted by atomic mass is 9.97. The van der Waals surface area contributed by atoms with Crippen LogP contribution in [0.5, 0.6) is 11.5 Å². The van der Waals surface area contributed by atoms with Crippen molar-refractivity contribution >= 4 is 40.4 Å². The van der Waals surface area contributed by atoms with Gasteiger partial charge < -0.3 is 14.8 Å². The molecule has 0 spiro atoms. The summed E-state index contributed by atoms with van der Waals surface area (Å²) in [6.45, 7) is 10.7. The van der Waals surface area contributed by atoms with Gasteiger partial charge in [0.2, 0.25) is 0 Å². The molecule has 2 N–H and O–H groups in total. The third-order valence-electron chi connectivity index (χ3n) is 3.68.